The van der Waals surface area contributed by atoms with E-state index in [2.05, 4.69) is 4.84 Å². The van der Waals surface area contributed by atoms with Crippen LogP contribution in [0, 0.1) is 5.41 Å². The fraction of sp³-hybridized carbons (Fsp3) is 0.778. The molecule has 13 heavy (non-hydrogen) atoms. The summed E-state index contributed by atoms with van der Waals surface area (Å²) in [6, 6.07) is 0. The van der Waals surface area contributed by atoms with Crippen molar-refractivity contribution in [2.24, 2.45) is 5.41 Å². The summed E-state index contributed by atoms with van der Waals surface area (Å²) in [6.45, 7) is 5.72. The first-order valence-electron chi connectivity index (χ1n) is 4.13. The molecule has 0 bridgehead atoms. The van der Waals surface area contributed by atoms with E-state index in [1.807, 2.05) is 20.8 Å². The highest BCUT2D eigenvalue weighted by molar-refractivity contribution is 6.35. The molecule has 0 aliphatic heterocycles. The van der Waals surface area contributed by atoms with Gasteiger partial charge in [-0.15, -0.1) is 0 Å². The van der Waals surface area contributed by atoms with E-state index >= 15 is 0 Å². The molecule has 0 saturated heterocycles. The number of hydrogen-bond donors (Lipinski definition) is 0. The Morgan fingerprint density at radius 2 is 1.77 bits per heavy atom. The third kappa shape index (κ3) is 4.62. The Kier molecular flexibility index (Phi) is 4.07. The van der Waals surface area contributed by atoms with Gasteiger partial charge in [-0.05, 0) is 5.41 Å². The maximum absolute atomic E-state index is 11.3. The molecule has 0 aliphatic rings. The summed E-state index contributed by atoms with van der Waals surface area (Å²) in [4.78, 5) is 27.1. The van der Waals surface area contributed by atoms with Crippen LogP contribution >= 0.6 is 0 Å². The number of rotatable bonds is 3. The highest BCUT2D eigenvalue weighted by Gasteiger charge is 2.24. The molecule has 0 aromatic rings. The predicted octanol–water partition coefficient (Wildman–Crippen LogP) is 1.01. The smallest absolute Gasteiger partial charge is 0.289 e. The lowest BCUT2D eigenvalue weighted by Gasteiger charge is -2.18. The number of ketones is 1. The van der Waals surface area contributed by atoms with Gasteiger partial charge < -0.3 is 0 Å². The van der Waals surface area contributed by atoms with E-state index in [1.54, 1.807) is 0 Å². The third-order valence-electron chi connectivity index (χ3n) is 1.49. The molecule has 0 saturated carbocycles. The van der Waals surface area contributed by atoms with Gasteiger partial charge in [-0.1, -0.05) is 20.8 Å². The molecule has 0 spiro atoms. The first-order chi connectivity index (χ1) is 5.78. The number of nitrogens with zero attached hydrogens (tertiary/aromatic N) is 1. The van der Waals surface area contributed by atoms with Crippen molar-refractivity contribution >= 4 is 11.7 Å². The fourth-order valence-electron chi connectivity index (χ4n) is 0.816. The van der Waals surface area contributed by atoms with Crippen LogP contribution in [0.5, 0.6) is 0 Å². The maximum atomic E-state index is 11.3. The second-order valence-corrected chi connectivity index (χ2v) is 4.15. The Morgan fingerprint density at radius 3 is 2.08 bits per heavy atom. The van der Waals surface area contributed by atoms with E-state index < -0.39 is 11.7 Å². The molecular formula is C9H17NO3. The zero-order chi connectivity index (χ0) is 10.6. The molecule has 0 aromatic carbocycles. The van der Waals surface area contributed by atoms with Crippen molar-refractivity contribution < 1.29 is 14.4 Å². The van der Waals surface area contributed by atoms with Gasteiger partial charge in [-0.2, -0.15) is 0 Å². The van der Waals surface area contributed by atoms with Crippen LogP contribution in [-0.2, 0) is 14.4 Å². The van der Waals surface area contributed by atoms with E-state index in [9.17, 15) is 9.59 Å². The molecule has 0 unspecified atom stereocenters. The van der Waals surface area contributed by atoms with Gasteiger partial charge in [0.2, 0.25) is 5.78 Å². The van der Waals surface area contributed by atoms with Gasteiger partial charge in [0.05, 0.1) is 7.11 Å². The Labute approximate surface area is 78.8 Å². The van der Waals surface area contributed by atoms with E-state index in [0.29, 0.717) is 0 Å². The van der Waals surface area contributed by atoms with Crippen LogP contribution in [0.2, 0.25) is 0 Å². The van der Waals surface area contributed by atoms with Crippen LogP contribution in [-0.4, -0.2) is 30.9 Å². The van der Waals surface area contributed by atoms with Gasteiger partial charge in [0.25, 0.3) is 0 Å². The molecule has 0 fully saturated rings. The summed E-state index contributed by atoms with van der Waals surface area (Å²) in [5, 5.41) is 0.939. The lowest BCUT2D eigenvalue weighted by atomic mass is 9.90. The van der Waals surface area contributed by atoms with E-state index in [4.69, 9.17) is 0 Å². The Bertz CT molecular complexity index is 205. The molecule has 0 aromatic heterocycles. The lowest BCUT2D eigenvalue weighted by Crippen LogP contribution is -2.34. The van der Waals surface area contributed by atoms with Crippen LogP contribution in [0.3, 0.4) is 0 Å². The zero-order valence-corrected chi connectivity index (χ0v) is 8.88. The van der Waals surface area contributed by atoms with E-state index in [-0.39, 0.29) is 11.8 Å². The van der Waals surface area contributed by atoms with E-state index in [1.165, 1.54) is 14.2 Å². The van der Waals surface area contributed by atoms with Gasteiger partial charge in [0, 0.05) is 13.5 Å². The summed E-state index contributed by atoms with van der Waals surface area (Å²) in [5.41, 5.74) is -0.165. The minimum atomic E-state index is -0.600. The Morgan fingerprint density at radius 1 is 1.31 bits per heavy atom. The van der Waals surface area contributed by atoms with Crippen LogP contribution in [0.25, 0.3) is 0 Å². The quantitative estimate of drug-likeness (QED) is 0.489. The minimum absolute atomic E-state index is 0.165. The summed E-state index contributed by atoms with van der Waals surface area (Å²) in [5.74, 6) is -1.02. The number of Topliss-reactive ketones (excluding diaryl/α,β-unsaturated/α-hetero) is 1. The number of carbonyl (C=O) groups excluding carboxylic acids is 2. The number of carbonyl (C=O) groups is 2. The predicted molar refractivity (Wildman–Crippen MR) is 48.9 cm³/mol. The number of likely N-dealkylation sites (N-methyl/N-ethyl adjacent to an activating group) is 1. The normalized spacial score (nSPS) is 11.2. The summed E-state index contributed by atoms with van der Waals surface area (Å²) in [6.07, 6.45) is 0.236. The molecule has 0 rings (SSSR count). The first-order valence-corrected chi connectivity index (χ1v) is 4.13. The number of amides is 1. The highest BCUT2D eigenvalue weighted by Crippen LogP contribution is 2.18. The zero-order valence-electron chi connectivity index (χ0n) is 8.88. The largest absolute Gasteiger partial charge is 0.313 e. The average Bonchev–Trinajstić information content (AvgIpc) is 1.98. The second-order valence-electron chi connectivity index (χ2n) is 4.15. The number of hydrogen-bond acceptors (Lipinski definition) is 3. The first kappa shape index (κ1) is 12.1. The summed E-state index contributed by atoms with van der Waals surface area (Å²) in [7, 11) is 2.77. The Balaban J connectivity index is 4.21. The molecule has 1 amide bonds. The Hall–Kier alpha value is -0.900. The summed E-state index contributed by atoms with van der Waals surface area (Å²) < 4.78 is 0. The monoisotopic (exact) mass is 187 g/mol. The van der Waals surface area contributed by atoms with Crippen molar-refractivity contribution in [1.29, 1.82) is 0 Å². The molecule has 4 nitrogen and oxygen atoms in total. The molecule has 0 radical (unpaired) electrons. The molecule has 0 aliphatic carbocycles. The van der Waals surface area contributed by atoms with Gasteiger partial charge in [0.15, 0.2) is 0 Å². The summed E-state index contributed by atoms with van der Waals surface area (Å²) >= 11 is 0. The lowest BCUT2D eigenvalue weighted by molar-refractivity contribution is -0.173. The third-order valence-corrected chi connectivity index (χ3v) is 1.49. The van der Waals surface area contributed by atoms with Crippen molar-refractivity contribution in [2.45, 2.75) is 27.2 Å². The highest BCUT2D eigenvalue weighted by atomic mass is 16.7. The molecular weight excluding hydrogens is 170 g/mol. The molecule has 0 N–H and O–H groups in total. The van der Waals surface area contributed by atoms with Crippen molar-refractivity contribution in [3.8, 4) is 0 Å². The van der Waals surface area contributed by atoms with Gasteiger partial charge in [0.1, 0.15) is 0 Å². The molecule has 0 atom stereocenters. The van der Waals surface area contributed by atoms with Gasteiger partial charge in [-0.3, -0.25) is 14.4 Å². The van der Waals surface area contributed by atoms with Crippen LogP contribution in [0.4, 0.5) is 0 Å². The standard InChI is InChI=1S/C9H17NO3/c1-9(2,3)6-7(11)8(12)10(4)13-5/h6H2,1-5H3. The second kappa shape index (κ2) is 4.37. The van der Waals surface area contributed by atoms with Crippen molar-refractivity contribution in [3.63, 3.8) is 0 Å². The van der Waals surface area contributed by atoms with Crippen LogP contribution in [0.1, 0.15) is 27.2 Å². The maximum Gasteiger partial charge on any atom is 0.313 e. The topological polar surface area (TPSA) is 46.6 Å². The van der Waals surface area contributed by atoms with Gasteiger partial charge >= 0.3 is 5.91 Å². The molecule has 0 heterocycles. The van der Waals surface area contributed by atoms with Gasteiger partial charge in [-0.25, -0.2) is 5.06 Å². The van der Waals surface area contributed by atoms with Crippen molar-refractivity contribution in [1.82, 2.24) is 5.06 Å². The number of hydroxylamine groups is 2. The minimum Gasteiger partial charge on any atom is -0.289 e. The van der Waals surface area contributed by atoms with Crippen molar-refractivity contribution in [3.05, 3.63) is 0 Å². The average molecular weight is 187 g/mol. The SMILES string of the molecule is CON(C)C(=O)C(=O)CC(C)(C)C. The fourth-order valence-corrected chi connectivity index (χ4v) is 0.816. The van der Waals surface area contributed by atoms with Crippen LogP contribution in [0.15, 0.2) is 0 Å². The molecule has 4 heteroatoms. The molecule has 76 valence electrons. The van der Waals surface area contributed by atoms with Crippen molar-refractivity contribution in [2.75, 3.05) is 14.2 Å². The van der Waals surface area contributed by atoms with Crippen LogP contribution < -0.4 is 0 Å². The van der Waals surface area contributed by atoms with E-state index in [0.717, 1.165) is 5.06 Å².